The van der Waals surface area contributed by atoms with E-state index in [-0.39, 0.29) is 6.61 Å². The molecule has 1 aromatic carbocycles. The molecule has 1 aromatic rings. The number of nitrogens with zero attached hydrogens (tertiary/aromatic N) is 1. The van der Waals surface area contributed by atoms with E-state index in [1.807, 2.05) is 19.1 Å². The van der Waals surface area contributed by atoms with Crippen molar-refractivity contribution in [2.24, 2.45) is 0 Å². The summed E-state index contributed by atoms with van der Waals surface area (Å²) < 4.78 is 0. The summed E-state index contributed by atoms with van der Waals surface area (Å²) in [4.78, 5) is 4.95. The normalized spacial score (nSPS) is 8.79. The summed E-state index contributed by atoms with van der Waals surface area (Å²) in [5, 5.41) is 8.81. The second kappa shape index (κ2) is 4.91. The standard InChI is InChI=1S/C11H10N2O/c1-3-7-14-13-11-9(2)5-4-6-10(11)8-12/h1,4-6,13H,7H2,2H3. The third-order valence-electron chi connectivity index (χ3n) is 1.72. The van der Waals surface area contributed by atoms with Crippen molar-refractivity contribution in [3.8, 4) is 18.4 Å². The lowest BCUT2D eigenvalue weighted by Gasteiger charge is -2.09. The topological polar surface area (TPSA) is 45.0 Å². The molecule has 0 unspecified atom stereocenters. The van der Waals surface area contributed by atoms with Crippen LogP contribution in [0.5, 0.6) is 0 Å². The Morgan fingerprint density at radius 1 is 1.57 bits per heavy atom. The molecule has 0 aliphatic carbocycles. The Morgan fingerprint density at radius 2 is 2.36 bits per heavy atom. The van der Waals surface area contributed by atoms with Crippen molar-refractivity contribution in [1.29, 1.82) is 5.26 Å². The van der Waals surface area contributed by atoms with Crippen molar-refractivity contribution in [3.05, 3.63) is 29.3 Å². The van der Waals surface area contributed by atoms with Crippen molar-refractivity contribution in [2.45, 2.75) is 6.92 Å². The minimum Gasteiger partial charge on any atom is -0.264 e. The SMILES string of the molecule is C#CCONc1c(C)cccc1C#N. The predicted octanol–water partition coefficient (Wildman–Crippen LogP) is 1.84. The van der Waals surface area contributed by atoms with Crippen LogP contribution in [-0.2, 0) is 4.84 Å². The van der Waals surface area contributed by atoms with Crippen LogP contribution in [0.15, 0.2) is 18.2 Å². The van der Waals surface area contributed by atoms with Gasteiger partial charge in [0.05, 0.1) is 11.3 Å². The Balaban J connectivity index is 2.85. The van der Waals surface area contributed by atoms with Gasteiger partial charge in [-0.2, -0.15) is 5.26 Å². The highest BCUT2D eigenvalue weighted by Crippen LogP contribution is 2.19. The van der Waals surface area contributed by atoms with Crippen molar-refractivity contribution in [2.75, 3.05) is 12.1 Å². The van der Waals surface area contributed by atoms with Gasteiger partial charge in [0.15, 0.2) is 0 Å². The second-order valence-corrected chi connectivity index (χ2v) is 2.70. The minimum absolute atomic E-state index is 0.166. The summed E-state index contributed by atoms with van der Waals surface area (Å²) in [5.74, 6) is 2.33. The summed E-state index contributed by atoms with van der Waals surface area (Å²) in [7, 11) is 0. The van der Waals surface area contributed by atoms with Gasteiger partial charge in [0.2, 0.25) is 0 Å². The minimum atomic E-state index is 0.166. The molecule has 3 heteroatoms. The number of nitriles is 1. The first kappa shape index (κ1) is 10.1. The van der Waals surface area contributed by atoms with Crippen molar-refractivity contribution in [3.63, 3.8) is 0 Å². The van der Waals surface area contributed by atoms with Crippen LogP contribution >= 0.6 is 0 Å². The van der Waals surface area contributed by atoms with Crippen LogP contribution in [0.3, 0.4) is 0 Å². The van der Waals surface area contributed by atoms with Gasteiger partial charge < -0.3 is 0 Å². The molecule has 0 radical (unpaired) electrons. The summed E-state index contributed by atoms with van der Waals surface area (Å²) in [6, 6.07) is 7.50. The highest BCUT2D eigenvalue weighted by molar-refractivity contribution is 5.60. The molecule has 0 heterocycles. The summed E-state index contributed by atoms with van der Waals surface area (Å²) in [5.41, 5.74) is 4.83. The maximum absolute atomic E-state index is 8.81. The Kier molecular flexibility index (Phi) is 3.55. The molecular formula is C11H10N2O. The average molecular weight is 186 g/mol. The number of para-hydroxylation sites is 1. The average Bonchev–Trinajstić information content (AvgIpc) is 2.20. The Hall–Kier alpha value is -1.97. The smallest absolute Gasteiger partial charge is 0.135 e. The van der Waals surface area contributed by atoms with Gasteiger partial charge in [0, 0.05) is 0 Å². The third kappa shape index (κ3) is 2.26. The maximum atomic E-state index is 8.81. The van der Waals surface area contributed by atoms with Gasteiger partial charge in [-0.25, -0.2) is 0 Å². The van der Waals surface area contributed by atoms with Gasteiger partial charge in [0.25, 0.3) is 0 Å². The molecule has 0 spiro atoms. The number of rotatable bonds is 3. The Labute approximate surface area is 83.3 Å². The highest BCUT2D eigenvalue weighted by atomic mass is 16.6. The first-order valence-corrected chi connectivity index (χ1v) is 4.10. The molecule has 1 rings (SSSR count). The van der Waals surface area contributed by atoms with E-state index in [0.717, 1.165) is 5.56 Å². The number of terminal acetylenes is 1. The molecule has 0 saturated heterocycles. The number of anilines is 1. The molecule has 0 aliphatic rings. The zero-order chi connectivity index (χ0) is 10.4. The molecule has 0 aromatic heterocycles. The predicted molar refractivity (Wildman–Crippen MR) is 54.3 cm³/mol. The van der Waals surface area contributed by atoms with E-state index in [1.165, 1.54) is 0 Å². The maximum Gasteiger partial charge on any atom is 0.135 e. The fourth-order valence-corrected chi connectivity index (χ4v) is 1.05. The lowest BCUT2D eigenvalue weighted by Crippen LogP contribution is -2.04. The zero-order valence-corrected chi connectivity index (χ0v) is 7.87. The van der Waals surface area contributed by atoms with Crippen LogP contribution in [0.4, 0.5) is 5.69 Å². The number of hydrogen-bond acceptors (Lipinski definition) is 3. The van der Waals surface area contributed by atoms with Gasteiger partial charge in [0.1, 0.15) is 12.7 Å². The lowest BCUT2D eigenvalue weighted by molar-refractivity contribution is 0.234. The van der Waals surface area contributed by atoms with Crippen LogP contribution in [0.2, 0.25) is 0 Å². The first-order chi connectivity index (χ1) is 6.79. The van der Waals surface area contributed by atoms with E-state index >= 15 is 0 Å². The van der Waals surface area contributed by atoms with Gasteiger partial charge in [-0.1, -0.05) is 18.1 Å². The number of benzene rings is 1. The summed E-state index contributed by atoms with van der Waals surface area (Å²) in [6.45, 7) is 2.06. The van der Waals surface area contributed by atoms with Crippen LogP contribution in [0.1, 0.15) is 11.1 Å². The van der Waals surface area contributed by atoms with Crippen LogP contribution in [0.25, 0.3) is 0 Å². The van der Waals surface area contributed by atoms with Crippen molar-refractivity contribution in [1.82, 2.24) is 0 Å². The van der Waals surface area contributed by atoms with Gasteiger partial charge in [-0.3, -0.25) is 10.3 Å². The first-order valence-electron chi connectivity index (χ1n) is 4.10. The Bertz CT molecular complexity index is 399. The molecular weight excluding hydrogens is 176 g/mol. The summed E-state index contributed by atoms with van der Waals surface area (Å²) >= 11 is 0. The van der Waals surface area contributed by atoms with Gasteiger partial charge in [-0.15, -0.1) is 6.42 Å². The van der Waals surface area contributed by atoms with Crippen molar-refractivity contribution < 1.29 is 4.84 Å². The molecule has 0 aliphatic heterocycles. The largest absolute Gasteiger partial charge is 0.264 e. The molecule has 1 N–H and O–H groups in total. The van der Waals surface area contributed by atoms with Crippen LogP contribution in [-0.4, -0.2) is 6.61 Å². The number of aryl methyl sites for hydroxylation is 1. The van der Waals surface area contributed by atoms with Crippen LogP contribution < -0.4 is 5.48 Å². The third-order valence-corrected chi connectivity index (χ3v) is 1.72. The van der Waals surface area contributed by atoms with E-state index in [2.05, 4.69) is 17.5 Å². The van der Waals surface area contributed by atoms with E-state index < -0.39 is 0 Å². The zero-order valence-electron chi connectivity index (χ0n) is 7.87. The molecule has 0 saturated carbocycles. The fourth-order valence-electron chi connectivity index (χ4n) is 1.05. The molecule has 0 amide bonds. The quantitative estimate of drug-likeness (QED) is 0.445. The van der Waals surface area contributed by atoms with Crippen LogP contribution in [0, 0.1) is 30.6 Å². The van der Waals surface area contributed by atoms with E-state index in [4.69, 9.17) is 16.5 Å². The van der Waals surface area contributed by atoms with E-state index in [1.54, 1.807) is 6.07 Å². The molecule has 0 atom stereocenters. The molecule has 70 valence electrons. The number of nitrogens with one attached hydrogen (secondary N) is 1. The van der Waals surface area contributed by atoms with Gasteiger partial charge in [-0.05, 0) is 18.6 Å². The van der Waals surface area contributed by atoms with Crippen molar-refractivity contribution >= 4 is 5.69 Å². The second-order valence-electron chi connectivity index (χ2n) is 2.70. The van der Waals surface area contributed by atoms with Gasteiger partial charge >= 0.3 is 0 Å². The van der Waals surface area contributed by atoms with E-state index in [0.29, 0.717) is 11.3 Å². The monoisotopic (exact) mass is 186 g/mol. The fraction of sp³-hybridized carbons (Fsp3) is 0.182. The molecule has 0 bridgehead atoms. The highest BCUT2D eigenvalue weighted by Gasteiger charge is 2.03. The number of hydrogen-bond donors (Lipinski definition) is 1. The molecule has 14 heavy (non-hydrogen) atoms. The summed E-state index contributed by atoms with van der Waals surface area (Å²) in [6.07, 6.45) is 5.02. The Morgan fingerprint density at radius 3 is 3.00 bits per heavy atom. The molecule has 3 nitrogen and oxygen atoms in total. The van der Waals surface area contributed by atoms with E-state index in [9.17, 15) is 0 Å². The lowest BCUT2D eigenvalue weighted by atomic mass is 10.1. The molecule has 0 fully saturated rings.